The second kappa shape index (κ2) is 7.84. The summed E-state index contributed by atoms with van der Waals surface area (Å²) in [5.41, 5.74) is 1.69. The summed E-state index contributed by atoms with van der Waals surface area (Å²) in [5, 5.41) is 11.2. The minimum Gasteiger partial charge on any atom is -0.507 e. The van der Waals surface area contributed by atoms with Crippen molar-refractivity contribution in [2.24, 2.45) is 0 Å². The van der Waals surface area contributed by atoms with E-state index in [-0.39, 0.29) is 28.2 Å². The molecule has 1 saturated carbocycles. The highest BCUT2D eigenvalue weighted by Gasteiger charge is 2.31. The summed E-state index contributed by atoms with van der Waals surface area (Å²) in [7, 11) is 0. The lowest BCUT2D eigenvalue weighted by atomic mass is 9.79. The van der Waals surface area contributed by atoms with Crippen LogP contribution in [0, 0.1) is 0 Å². The van der Waals surface area contributed by atoms with Crippen LogP contribution in [0.2, 0.25) is 0 Å². The number of esters is 1. The second-order valence-corrected chi connectivity index (χ2v) is 10.8. The third-order valence-electron chi connectivity index (χ3n) is 4.95. The maximum Gasteiger partial charge on any atom is 0.302 e. The lowest BCUT2D eigenvalue weighted by Crippen LogP contribution is -2.31. The Bertz CT molecular complexity index is 617. The molecule has 1 aromatic carbocycles. The van der Waals surface area contributed by atoms with Crippen molar-refractivity contribution in [1.82, 2.24) is 0 Å². The van der Waals surface area contributed by atoms with Crippen LogP contribution in [0.15, 0.2) is 17.0 Å². The zero-order chi connectivity index (χ0) is 19.7. The number of carbonyl (C=O) groups is 1. The molecule has 1 N–H and O–H groups in total. The molecule has 0 amide bonds. The van der Waals surface area contributed by atoms with Gasteiger partial charge >= 0.3 is 5.97 Å². The number of aromatic hydroxyl groups is 1. The van der Waals surface area contributed by atoms with Gasteiger partial charge in [-0.2, -0.15) is 0 Å². The van der Waals surface area contributed by atoms with Crippen molar-refractivity contribution in [3.8, 4) is 5.75 Å². The molecule has 2 atom stereocenters. The summed E-state index contributed by atoms with van der Waals surface area (Å²) in [6, 6.07) is 4.24. The molecule has 0 bridgehead atoms. The molecule has 4 heteroatoms. The fraction of sp³-hybridized carbons (Fsp3) is 0.682. The average molecular weight is 379 g/mol. The fourth-order valence-corrected chi connectivity index (χ4v) is 4.89. The van der Waals surface area contributed by atoms with E-state index in [0.29, 0.717) is 5.75 Å². The van der Waals surface area contributed by atoms with Crippen molar-refractivity contribution < 1.29 is 14.6 Å². The Morgan fingerprint density at radius 1 is 1.04 bits per heavy atom. The van der Waals surface area contributed by atoms with Crippen LogP contribution in [0.5, 0.6) is 5.75 Å². The molecule has 0 spiro atoms. The van der Waals surface area contributed by atoms with Crippen molar-refractivity contribution in [3.05, 3.63) is 23.3 Å². The van der Waals surface area contributed by atoms with Crippen molar-refractivity contribution in [1.29, 1.82) is 0 Å². The van der Waals surface area contributed by atoms with Gasteiger partial charge in [-0.15, -0.1) is 11.8 Å². The molecular formula is C22H34O3S. The van der Waals surface area contributed by atoms with E-state index >= 15 is 0 Å². The number of hydrogen-bond donors (Lipinski definition) is 1. The van der Waals surface area contributed by atoms with Crippen LogP contribution >= 0.6 is 11.8 Å². The van der Waals surface area contributed by atoms with Crippen LogP contribution in [-0.4, -0.2) is 22.4 Å². The van der Waals surface area contributed by atoms with E-state index in [1.807, 2.05) is 0 Å². The summed E-state index contributed by atoms with van der Waals surface area (Å²) >= 11 is 1.80. The Kier molecular flexibility index (Phi) is 6.37. The lowest BCUT2D eigenvalue weighted by Gasteiger charge is -2.32. The zero-order valence-corrected chi connectivity index (χ0v) is 18.1. The number of thioether (sulfide) groups is 1. The lowest BCUT2D eigenvalue weighted by molar-refractivity contribution is -0.147. The average Bonchev–Trinajstić information content (AvgIpc) is 2.48. The summed E-state index contributed by atoms with van der Waals surface area (Å²) in [5.74, 6) is 0.216. The Balaban J connectivity index is 2.40. The number of benzene rings is 1. The molecule has 146 valence electrons. The molecule has 0 radical (unpaired) electrons. The van der Waals surface area contributed by atoms with E-state index in [1.54, 1.807) is 11.8 Å². The molecule has 26 heavy (non-hydrogen) atoms. The summed E-state index contributed by atoms with van der Waals surface area (Å²) < 4.78 is 5.59. The molecule has 1 unspecified atom stereocenters. The maximum absolute atomic E-state index is 11.5. The van der Waals surface area contributed by atoms with E-state index in [9.17, 15) is 9.90 Å². The molecule has 3 nitrogen and oxygen atoms in total. The van der Waals surface area contributed by atoms with Crippen molar-refractivity contribution in [3.63, 3.8) is 0 Å². The first-order valence-electron chi connectivity index (χ1n) is 9.61. The normalized spacial score (nSPS) is 21.5. The first kappa shape index (κ1) is 21.1. The Morgan fingerprint density at radius 2 is 1.54 bits per heavy atom. The second-order valence-electron chi connectivity index (χ2n) is 9.46. The van der Waals surface area contributed by atoms with Crippen LogP contribution < -0.4 is 0 Å². The smallest absolute Gasteiger partial charge is 0.302 e. The van der Waals surface area contributed by atoms with Gasteiger partial charge in [0.05, 0.1) is 0 Å². The van der Waals surface area contributed by atoms with Gasteiger partial charge in [0.1, 0.15) is 11.9 Å². The van der Waals surface area contributed by atoms with E-state index < -0.39 is 0 Å². The van der Waals surface area contributed by atoms with Gasteiger partial charge in [-0.05, 0) is 42.2 Å². The first-order valence-corrected chi connectivity index (χ1v) is 10.5. The minimum atomic E-state index is -0.195. The molecule has 1 aliphatic carbocycles. The number of rotatable bonds is 3. The van der Waals surface area contributed by atoms with Crippen LogP contribution in [0.4, 0.5) is 0 Å². The largest absolute Gasteiger partial charge is 0.507 e. The third-order valence-corrected chi connectivity index (χ3v) is 6.30. The zero-order valence-electron chi connectivity index (χ0n) is 17.3. The quantitative estimate of drug-likeness (QED) is 0.660. The van der Waals surface area contributed by atoms with E-state index in [0.717, 1.165) is 35.3 Å². The molecule has 1 fully saturated rings. The minimum absolute atomic E-state index is 0.0174. The Morgan fingerprint density at radius 3 is 2.00 bits per heavy atom. The molecule has 1 aromatic rings. The highest BCUT2D eigenvalue weighted by Crippen LogP contribution is 2.44. The predicted octanol–water partition coefficient (Wildman–Crippen LogP) is 5.95. The molecular weight excluding hydrogens is 344 g/mol. The predicted molar refractivity (Wildman–Crippen MR) is 109 cm³/mol. The molecule has 0 aliphatic heterocycles. The summed E-state index contributed by atoms with van der Waals surface area (Å²) in [4.78, 5) is 12.6. The number of phenolic OH excluding ortho intramolecular Hbond substituents is 1. The molecule has 0 saturated heterocycles. The van der Waals surface area contributed by atoms with Gasteiger partial charge < -0.3 is 9.84 Å². The van der Waals surface area contributed by atoms with Gasteiger partial charge in [-0.1, -0.05) is 48.0 Å². The Labute approximate surface area is 162 Å². The first-order chi connectivity index (χ1) is 11.9. The number of hydrogen-bond acceptors (Lipinski definition) is 4. The van der Waals surface area contributed by atoms with Gasteiger partial charge in [0.25, 0.3) is 0 Å². The molecule has 2 rings (SSSR count). The van der Waals surface area contributed by atoms with Crippen LogP contribution in [0.3, 0.4) is 0 Å². The summed E-state index contributed by atoms with van der Waals surface area (Å²) in [6.45, 7) is 14.3. The van der Waals surface area contributed by atoms with Gasteiger partial charge in [0.15, 0.2) is 0 Å². The maximum atomic E-state index is 11.5. The molecule has 0 heterocycles. The Hall–Kier alpha value is -1.16. The van der Waals surface area contributed by atoms with E-state index in [2.05, 4.69) is 53.7 Å². The topological polar surface area (TPSA) is 46.5 Å². The van der Waals surface area contributed by atoms with Crippen LogP contribution in [0.1, 0.15) is 85.3 Å². The number of ether oxygens (including phenoxy) is 1. The van der Waals surface area contributed by atoms with Gasteiger partial charge in [-0.3, -0.25) is 4.79 Å². The third kappa shape index (κ3) is 5.18. The fourth-order valence-electron chi connectivity index (χ4n) is 3.54. The van der Waals surface area contributed by atoms with E-state index in [1.165, 1.54) is 13.3 Å². The van der Waals surface area contributed by atoms with Crippen LogP contribution in [0.25, 0.3) is 0 Å². The number of phenols is 1. The molecule has 0 aromatic heterocycles. The van der Waals surface area contributed by atoms with E-state index in [4.69, 9.17) is 4.74 Å². The van der Waals surface area contributed by atoms with Crippen molar-refractivity contribution in [2.75, 3.05) is 0 Å². The van der Waals surface area contributed by atoms with Gasteiger partial charge in [-0.25, -0.2) is 0 Å². The number of carbonyl (C=O) groups excluding carboxylic acids is 1. The standard InChI is InChI=1S/C22H34O3S/c1-14(23)25-18-10-8-9-11-19(18)26-15-12-16(21(2,3)4)20(24)17(13-15)22(5,6)7/h12-13,18-19,24H,8-11H2,1-7H3/t18?,19-/m1/s1. The highest BCUT2D eigenvalue weighted by atomic mass is 32.2. The van der Waals surface area contributed by atoms with Crippen molar-refractivity contribution in [2.45, 2.75) is 101 Å². The SMILES string of the molecule is CC(=O)OC1CCCC[C@H]1Sc1cc(C(C)(C)C)c(O)c(C(C)(C)C)c1. The van der Waals surface area contributed by atoms with Crippen molar-refractivity contribution >= 4 is 17.7 Å². The summed E-state index contributed by atoms with van der Waals surface area (Å²) in [6.07, 6.45) is 4.26. The monoisotopic (exact) mass is 378 g/mol. The van der Waals surface area contributed by atoms with Gasteiger partial charge in [0, 0.05) is 28.2 Å². The highest BCUT2D eigenvalue weighted by molar-refractivity contribution is 8.00. The van der Waals surface area contributed by atoms with Crippen LogP contribution in [-0.2, 0) is 20.4 Å². The molecule has 1 aliphatic rings. The van der Waals surface area contributed by atoms with Gasteiger partial charge in [0.2, 0.25) is 0 Å².